The Morgan fingerprint density at radius 1 is 0.923 bits per heavy atom. The van der Waals surface area contributed by atoms with Crippen molar-refractivity contribution in [2.24, 2.45) is 4.99 Å². The number of para-hydroxylation sites is 1. The van der Waals surface area contributed by atoms with Crippen LogP contribution in [0.4, 0.5) is 5.69 Å². The minimum absolute atomic E-state index is 0.0289. The second-order valence-corrected chi connectivity index (χ2v) is 8.55. The molecule has 0 aliphatic rings. The van der Waals surface area contributed by atoms with Crippen molar-refractivity contribution in [3.63, 3.8) is 0 Å². The number of benzene rings is 2. The van der Waals surface area contributed by atoms with Crippen LogP contribution in [-0.2, 0) is 10.8 Å². The molecule has 26 heavy (non-hydrogen) atoms. The summed E-state index contributed by atoms with van der Waals surface area (Å²) >= 11 is 0. The fourth-order valence-electron chi connectivity index (χ4n) is 2.67. The number of rotatable bonds is 3. The molecular formula is C22H29NO3. The fraction of sp³-hybridized carbons (Fsp3) is 0.409. The molecular weight excluding hydrogens is 326 g/mol. The van der Waals surface area contributed by atoms with E-state index in [4.69, 9.17) is 4.74 Å². The lowest BCUT2D eigenvalue weighted by Gasteiger charge is -2.26. The summed E-state index contributed by atoms with van der Waals surface area (Å²) in [5.41, 5.74) is 2.69. The second-order valence-electron chi connectivity index (χ2n) is 8.55. The highest BCUT2D eigenvalue weighted by Gasteiger charge is 2.24. The largest absolute Gasteiger partial charge is 0.505 e. The molecule has 140 valence electrons. The topological polar surface area (TPSA) is 62.0 Å². The zero-order valence-corrected chi connectivity index (χ0v) is 16.7. The number of ether oxygens (including phenoxy) is 1. The first kappa shape index (κ1) is 19.8. The third-order valence-corrected chi connectivity index (χ3v) is 4.36. The Morgan fingerprint density at radius 2 is 1.58 bits per heavy atom. The molecule has 0 heterocycles. The van der Waals surface area contributed by atoms with E-state index in [1.807, 2.05) is 6.07 Å². The Kier molecular flexibility index (Phi) is 5.36. The molecule has 0 aliphatic carbocycles. The molecule has 0 radical (unpaired) electrons. The van der Waals surface area contributed by atoms with Gasteiger partial charge in [-0.3, -0.25) is 4.99 Å². The number of hydrogen-bond donors (Lipinski definition) is 2. The van der Waals surface area contributed by atoms with Gasteiger partial charge in [0.1, 0.15) is 11.4 Å². The number of nitrogens with zero attached hydrogens (tertiary/aromatic N) is 1. The van der Waals surface area contributed by atoms with Gasteiger partial charge < -0.3 is 14.9 Å². The Morgan fingerprint density at radius 3 is 2.12 bits per heavy atom. The van der Waals surface area contributed by atoms with Crippen LogP contribution in [0, 0.1) is 0 Å². The number of aromatic hydroxyl groups is 2. The Hall–Kier alpha value is -2.49. The Bertz CT molecular complexity index is 825. The van der Waals surface area contributed by atoms with Crippen LogP contribution in [0.2, 0.25) is 0 Å². The summed E-state index contributed by atoms with van der Waals surface area (Å²) < 4.78 is 5.13. The molecule has 0 saturated heterocycles. The molecule has 2 aromatic rings. The number of hydrogen-bond acceptors (Lipinski definition) is 4. The Balaban J connectivity index is 2.59. The second kappa shape index (κ2) is 7.02. The number of phenols is 2. The van der Waals surface area contributed by atoms with Gasteiger partial charge in [0.2, 0.25) is 0 Å². The summed E-state index contributed by atoms with van der Waals surface area (Å²) in [5, 5.41) is 21.0. The van der Waals surface area contributed by atoms with Crippen LogP contribution in [0.5, 0.6) is 17.2 Å². The molecule has 0 spiro atoms. The molecule has 2 rings (SSSR count). The first-order valence-electron chi connectivity index (χ1n) is 8.73. The van der Waals surface area contributed by atoms with Crippen molar-refractivity contribution in [3.05, 3.63) is 47.0 Å². The zero-order valence-electron chi connectivity index (χ0n) is 16.7. The lowest BCUT2D eigenvalue weighted by atomic mass is 9.80. The van der Waals surface area contributed by atoms with Crippen LogP contribution in [0.3, 0.4) is 0 Å². The summed E-state index contributed by atoms with van der Waals surface area (Å²) in [5.74, 6) is 0.586. The van der Waals surface area contributed by atoms with Gasteiger partial charge >= 0.3 is 0 Å². The first-order chi connectivity index (χ1) is 11.9. The summed E-state index contributed by atoms with van der Waals surface area (Å²) in [6.45, 7) is 12.6. The van der Waals surface area contributed by atoms with Crippen molar-refractivity contribution in [1.82, 2.24) is 0 Å². The number of phenolic OH excluding ortho intramolecular Hbond substituents is 2. The average molecular weight is 355 g/mol. The molecule has 0 amide bonds. The molecule has 0 fully saturated rings. The normalized spacial score (nSPS) is 12.6. The molecule has 0 atom stereocenters. The monoisotopic (exact) mass is 355 g/mol. The van der Waals surface area contributed by atoms with E-state index in [9.17, 15) is 10.2 Å². The van der Waals surface area contributed by atoms with E-state index in [0.29, 0.717) is 17.0 Å². The zero-order chi connectivity index (χ0) is 19.7. The maximum atomic E-state index is 10.8. The van der Waals surface area contributed by atoms with E-state index >= 15 is 0 Å². The third kappa shape index (κ3) is 4.18. The highest BCUT2D eigenvalue weighted by molar-refractivity contribution is 5.87. The van der Waals surface area contributed by atoms with Crippen LogP contribution < -0.4 is 4.74 Å². The minimum Gasteiger partial charge on any atom is -0.505 e. The van der Waals surface area contributed by atoms with Crippen molar-refractivity contribution in [3.8, 4) is 17.2 Å². The van der Waals surface area contributed by atoms with E-state index in [-0.39, 0.29) is 22.3 Å². The van der Waals surface area contributed by atoms with Crippen molar-refractivity contribution < 1.29 is 14.9 Å². The van der Waals surface area contributed by atoms with Gasteiger partial charge in [-0.15, -0.1) is 0 Å². The van der Waals surface area contributed by atoms with Gasteiger partial charge in [0.05, 0.1) is 7.11 Å². The van der Waals surface area contributed by atoms with E-state index < -0.39 is 0 Å². The minimum atomic E-state index is -0.215. The summed E-state index contributed by atoms with van der Waals surface area (Å²) in [4.78, 5) is 4.47. The maximum Gasteiger partial charge on any atom is 0.166 e. The smallest absolute Gasteiger partial charge is 0.166 e. The molecule has 2 N–H and O–H groups in total. The van der Waals surface area contributed by atoms with Gasteiger partial charge in [-0.25, -0.2) is 0 Å². The van der Waals surface area contributed by atoms with Crippen molar-refractivity contribution in [2.75, 3.05) is 7.11 Å². The van der Waals surface area contributed by atoms with Gasteiger partial charge in [-0.05, 0) is 34.6 Å². The highest BCUT2D eigenvalue weighted by atomic mass is 16.5. The third-order valence-electron chi connectivity index (χ3n) is 4.36. The molecule has 0 bridgehead atoms. The molecule has 4 heteroatoms. The lowest BCUT2D eigenvalue weighted by molar-refractivity contribution is 0.373. The van der Waals surface area contributed by atoms with E-state index in [1.54, 1.807) is 24.4 Å². The SMILES string of the molecule is COc1cccc(/C=N/c2cc(C(C)(C)C)cc(C(C)(C)C)c2O)c1O. The fourth-order valence-corrected chi connectivity index (χ4v) is 2.67. The van der Waals surface area contributed by atoms with E-state index in [1.165, 1.54) is 7.11 Å². The van der Waals surface area contributed by atoms with Gasteiger partial charge in [0.25, 0.3) is 0 Å². The lowest BCUT2D eigenvalue weighted by Crippen LogP contribution is -2.16. The predicted molar refractivity (Wildman–Crippen MR) is 107 cm³/mol. The summed E-state index contributed by atoms with van der Waals surface area (Å²) in [6.07, 6.45) is 1.55. The van der Waals surface area contributed by atoms with Crippen LogP contribution >= 0.6 is 0 Å². The molecule has 0 aliphatic heterocycles. The molecule has 0 unspecified atom stereocenters. The highest BCUT2D eigenvalue weighted by Crippen LogP contribution is 2.41. The van der Waals surface area contributed by atoms with Gasteiger partial charge in [-0.2, -0.15) is 0 Å². The van der Waals surface area contributed by atoms with Crippen LogP contribution in [-0.4, -0.2) is 23.5 Å². The molecule has 0 aromatic heterocycles. The molecule has 2 aromatic carbocycles. The number of aliphatic imine (C=N–C) groups is 1. The predicted octanol–water partition coefficient (Wildman–Crippen LogP) is 5.45. The first-order valence-corrected chi connectivity index (χ1v) is 8.73. The molecule has 4 nitrogen and oxygen atoms in total. The maximum absolute atomic E-state index is 10.8. The quantitative estimate of drug-likeness (QED) is 0.719. The Labute approximate surface area is 156 Å². The van der Waals surface area contributed by atoms with Gasteiger partial charge in [-0.1, -0.05) is 53.7 Å². The summed E-state index contributed by atoms with van der Waals surface area (Å²) in [7, 11) is 1.50. The van der Waals surface area contributed by atoms with Crippen LogP contribution in [0.1, 0.15) is 58.2 Å². The summed E-state index contributed by atoms with van der Waals surface area (Å²) in [6, 6.07) is 9.17. The van der Waals surface area contributed by atoms with E-state index in [0.717, 1.165) is 11.1 Å². The van der Waals surface area contributed by atoms with Gasteiger partial charge in [0.15, 0.2) is 11.5 Å². The van der Waals surface area contributed by atoms with Crippen molar-refractivity contribution in [1.29, 1.82) is 0 Å². The van der Waals surface area contributed by atoms with Crippen LogP contribution in [0.15, 0.2) is 35.3 Å². The van der Waals surface area contributed by atoms with E-state index in [2.05, 4.69) is 52.6 Å². The standard InChI is InChI=1S/C22H29NO3/c1-21(2,3)15-11-16(22(4,5)6)20(25)17(12-15)23-13-14-9-8-10-18(26-7)19(14)24/h8-13,24-25H,1-7H3/b23-13+. The van der Waals surface area contributed by atoms with Gasteiger partial charge in [0, 0.05) is 17.3 Å². The molecule has 0 saturated carbocycles. The van der Waals surface area contributed by atoms with Crippen LogP contribution in [0.25, 0.3) is 0 Å². The van der Waals surface area contributed by atoms with Crippen molar-refractivity contribution >= 4 is 11.9 Å². The average Bonchev–Trinajstić information content (AvgIpc) is 2.52. The van der Waals surface area contributed by atoms with Crippen molar-refractivity contribution in [2.45, 2.75) is 52.4 Å². The number of methoxy groups -OCH3 is 1.